The summed E-state index contributed by atoms with van der Waals surface area (Å²) in [7, 11) is 1.56. The average molecular weight is 239 g/mol. The Bertz CT molecular complexity index is 382. The SMILES string of the molecule is C#CCCCC(O)c1c(Cl)cccc1OC. The molecule has 1 N–H and O–H groups in total. The summed E-state index contributed by atoms with van der Waals surface area (Å²) in [6.07, 6.45) is 6.54. The Morgan fingerprint density at radius 3 is 2.94 bits per heavy atom. The van der Waals surface area contributed by atoms with Crippen molar-refractivity contribution >= 4 is 11.6 Å². The molecule has 16 heavy (non-hydrogen) atoms. The maximum absolute atomic E-state index is 10.0. The standard InChI is InChI=1S/C13H15ClO2/c1-3-4-5-8-11(15)13-10(14)7-6-9-12(13)16-2/h1,6-7,9,11,15H,4-5,8H2,2H3. The van der Waals surface area contributed by atoms with Gasteiger partial charge in [0.1, 0.15) is 5.75 Å². The lowest BCUT2D eigenvalue weighted by Crippen LogP contribution is -2.01. The van der Waals surface area contributed by atoms with E-state index in [9.17, 15) is 5.11 Å². The Morgan fingerprint density at radius 2 is 2.31 bits per heavy atom. The maximum atomic E-state index is 10.0. The largest absolute Gasteiger partial charge is 0.496 e. The normalized spacial score (nSPS) is 11.9. The van der Waals surface area contributed by atoms with Gasteiger partial charge >= 0.3 is 0 Å². The number of unbranched alkanes of at least 4 members (excludes halogenated alkanes) is 1. The molecule has 0 aliphatic heterocycles. The Hall–Kier alpha value is -1.17. The van der Waals surface area contributed by atoms with Crippen LogP contribution < -0.4 is 4.74 Å². The highest BCUT2D eigenvalue weighted by Crippen LogP contribution is 2.34. The lowest BCUT2D eigenvalue weighted by Gasteiger charge is -2.15. The summed E-state index contributed by atoms with van der Waals surface area (Å²) in [5, 5.41) is 10.5. The third kappa shape index (κ3) is 3.16. The molecule has 0 aromatic heterocycles. The number of hydrogen-bond donors (Lipinski definition) is 1. The van der Waals surface area contributed by atoms with Crippen LogP contribution in [0.5, 0.6) is 5.75 Å². The lowest BCUT2D eigenvalue weighted by molar-refractivity contribution is 0.161. The molecule has 0 aliphatic carbocycles. The van der Waals surface area contributed by atoms with Crippen molar-refractivity contribution in [2.75, 3.05) is 7.11 Å². The van der Waals surface area contributed by atoms with E-state index in [4.69, 9.17) is 22.8 Å². The molecule has 0 saturated carbocycles. The van der Waals surface area contributed by atoms with Crippen LogP contribution in [0, 0.1) is 12.3 Å². The molecule has 1 aromatic carbocycles. The Balaban J connectivity index is 2.81. The van der Waals surface area contributed by atoms with E-state index in [0.717, 1.165) is 6.42 Å². The maximum Gasteiger partial charge on any atom is 0.126 e. The van der Waals surface area contributed by atoms with Gasteiger partial charge in [0.15, 0.2) is 0 Å². The van der Waals surface area contributed by atoms with Crippen LogP contribution in [0.25, 0.3) is 0 Å². The van der Waals surface area contributed by atoms with Gasteiger partial charge in [0.2, 0.25) is 0 Å². The fourth-order valence-electron chi connectivity index (χ4n) is 1.56. The minimum atomic E-state index is -0.628. The summed E-state index contributed by atoms with van der Waals surface area (Å²) < 4.78 is 5.17. The number of aliphatic hydroxyl groups is 1. The average Bonchev–Trinajstić information content (AvgIpc) is 2.28. The predicted octanol–water partition coefficient (Wildman–Crippen LogP) is 3.19. The van der Waals surface area contributed by atoms with Gasteiger partial charge in [-0.3, -0.25) is 0 Å². The zero-order valence-electron chi connectivity index (χ0n) is 9.24. The summed E-state index contributed by atoms with van der Waals surface area (Å²) >= 11 is 6.04. The number of halogens is 1. The summed E-state index contributed by atoms with van der Waals surface area (Å²) in [4.78, 5) is 0. The molecule has 1 aromatic rings. The van der Waals surface area contributed by atoms with Gasteiger partial charge in [-0.1, -0.05) is 17.7 Å². The van der Waals surface area contributed by atoms with E-state index in [1.807, 2.05) is 0 Å². The first-order chi connectivity index (χ1) is 7.70. The number of aliphatic hydroxyl groups excluding tert-OH is 1. The quantitative estimate of drug-likeness (QED) is 0.631. The summed E-state index contributed by atoms with van der Waals surface area (Å²) in [5.41, 5.74) is 0.642. The van der Waals surface area contributed by atoms with Gasteiger partial charge in [0.25, 0.3) is 0 Å². The first kappa shape index (κ1) is 12.9. The molecule has 0 fully saturated rings. The van der Waals surface area contributed by atoms with E-state index >= 15 is 0 Å². The van der Waals surface area contributed by atoms with Gasteiger partial charge in [-0.25, -0.2) is 0 Å². The molecule has 0 bridgehead atoms. The summed E-state index contributed by atoms with van der Waals surface area (Å²) in [6, 6.07) is 5.31. The zero-order chi connectivity index (χ0) is 12.0. The minimum Gasteiger partial charge on any atom is -0.496 e. The van der Waals surface area contributed by atoms with Crippen LogP contribution in [0.4, 0.5) is 0 Å². The molecule has 1 atom stereocenters. The molecule has 0 saturated heterocycles. The number of ether oxygens (including phenoxy) is 1. The van der Waals surface area contributed by atoms with Crippen molar-refractivity contribution in [3.63, 3.8) is 0 Å². The zero-order valence-corrected chi connectivity index (χ0v) is 10.00. The molecule has 3 heteroatoms. The molecule has 2 nitrogen and oxygen atoms in total. The van der Waals surface area contributed by atoms with Gasteiger partial charge < -0.3 is 9.84 Å². The molecule has 86 valence electrons. The summed E-state index contributed by atoms with van der Waals surface area (Å²) in [5.74, 6) is 3.15. The first-order valence-corrected chi connectivity index (χ1v) is 5.52. The topological polar surface area (TPSA) is 29.5 Å². The molecule has 0 aliphatic rings. The van der Waals surface area contributed by atoms with Gasteiger partial charge in [0, 0.05) is 12.0 Å². The van der Waals surface area contributed by atoms with E-state index in [-0.39, 0.29) is 0 Å². The van der Waals surface area contributed by atoms with Crippen molar-refractivity contribution < 1.29 is 9.84 Å². The van der Waals surface area contributed by atoms with E-state index < -0.39 is 6.10 Å². The van der Waals surface area contributed by atoms with Crippen LogP contribution in [-0.4, -0.2) is 12.2 Å². The minimum absolute atomic E-state index is 0.521. The molecule has 1 rings (SSSR count). The van der Waals surface area contributed by atoms with E-state index in [0.29, 0.717) is 29.2 Å². The van der Waals surface area contributed by atoms with Gasteiger partial charge in [-0.2, -0.15) is 0 Å². The number of hydrogen-bond acceptors (Lipinski definition) is 2. The van der Waals surface area contributed by atoms with Crippen molar-refractivity contribution in [2.45, 2.75) is 25.4 Å². The molecule has 0 radical (unpaired) electrons. The van der Waals surface area contributed by atoms with Crippen molar-refractivity contribution in [3.05, 3.63) is 28.8 Å². The molecular weight excluding hydrogens is 224 g/mol. The number of rotatable bonds is 5. The van der Waals surface area contributed by atoms with Gasteiger partial charge in [-0.05, 0) is 25.0 Å². The Labute approximate surface area is 101 Å². The van der Waals surface area contributed by atoms with Gasteiger partial charge in [-0.15, -0.1) is 12.3 Å². The third-order valence-electron chi connectivity index (χ3n) is 2.36. The highest BCUT2D eigenvalue weighted by Gasteiger charge is 2.16. The number of terminal acetylenes is 1. The highest BCUT2D eigenvalue weighted by atomic mass is 35.5. The fourth-order valence-corrected chi connectivity index (χ4v) is 1.85. The van der Waals surface area contributed by atoms with E-state index in [1.54, 1.807) is 25.3 Å². The number of methoxy groups -OCH3 is 1. The second kappa shape index (κ2) is 6.42. The second-order valence-electron chi connectivity index (χ2n) is 3.47. The van der Waals surface area contributed by atoms with Crippen LogP contribution in [0.3, 0.4) is 0 Å². The van der Waals surface area contributed by atoms with Crippen molar-refractivity contribution in [1.82, 2.24) is 0 Å². The second-order valence-corrected chi connectivity index (χ2v) is 3.88. The van der Waals surface area contributed by atoms with Crippen molar-refractivity contribution in [2.24, 2.45) is 0 Å². The summed E-state index contributed by atoms with van der Waals surface area (Å²) in [6.45, 7) is 0. The molecular formula is C13H15ClO2. The van der Waals surface area contributed by atoms with E-state index in [1.165, 1.54) is 0 Å². The molecule has 0 amide bonds. The van der Waals surface area contributed by atoms with E-state index in [2.05, 4.69) is 5.92 Å². The first-order valence-electron chi connectivity index (χ1n) is 5.14. The van der Waals surface area contributed by atoms with Crippen LogP contribution in [0.1, 0.15) is 30.9 Å². The lowest BCUT2D eigenvalue weighted by atomic mass is 10.0. The smallest absolute Gasteiger partial charge is 0.126 e. The van der Waals surface area contributed by atoms with Crippen molar-refractivity contribution in [3.8, 4) is 18.1 Å². The van der Waals surface area contributed by atoms with Gasteiger partial charge in [0.05, 0.1) is 18.2 Å². The van der Waals surface area contributed by atoms with Crippen LogP contribution in [0.2, 0.25) is 5.02 Å². The molecule has 0 spiro atoms. The Kier molecular flexibility index (Phi) is 5.18. The van der Waals surface area contributed by atoms with Crippen LogP contribution in [-0.2, 0) is 0 Å². The predicted molar refractivity (Wildman–Crippen MR) is 65.6 cm³/mol. The monoisotopic (exact) mass is 238 g/mol. The Morgan fingerprint density at radius 1 is 1.56 bits per heavy atom. The third-order valence-corrected chi connectivity index (χ3v) is 2.69. The van der Waals surface area contributed by atoms with Crippen LogP contribution >= 0.6 is 11.6 Å². The van der Waals surface area contributed by atoms with Crippen molar-refractivity contribution in [1.29, 1.82) is 0 Å². The molecule has 0 heterocycles. The number of benzene rings is 1. The fraction of sp³-hybridized carbons (Fsp3) is 0.385. The molecule has 1 unspecified atom stereocenters. The van der Waals surface area contributed by atoms with Crippen LogP contribution in [0.15, 0.2) is 18.2 Å². The highest BCUT2D eigenvalue weighted by molar-refractivity contribution is 6.31.